The van der Waals surface area contributed by atoms with Crippen LogP contribution in [0.3, 0.4) is 0 Å². The van der Waals surface area contributed by atoms with Crippen molar-refractivity contribution in [2.75, 3.05) is 25.5 Å². The van der Waals surface area contributed by atoms with Crippen LogP contribution in [0.25, 0.3) is 16.8 Å². The molecule has 0 amide bonds. The van der Waals surface area contributed by atoms with Crippen LogP contribution in [0.1, 0.15) is 39.7 Å². The lowest BCUT2D eigenvalue weighted by atomic mass is 10.1. The smallest absolute Gasteiger partial charge is 0.496 e. The van der Waals surface area contributed by atoms with Gasteiger partial charge in [0.2, 0.25) is 5.95 Å². The van der Waals surface area contributed by atoms with Crippen molar-refractivity contribution >= 4 is 23.3 Å². The molecule has 37 heavy (non-hydrogen) atoms. The second-order valence-electron chi connectivity index (χ2n) is 9.89. The maximum atomic E-state index is 11.9. The molecule has 4 heterocycles. The van der Waals surface area contributed by atoms with Crippen LogP contribution in [0.5, 0.6) is 5.75 Å². The number of hydrogen-bond acceptors (Lipinski definition) is 9. The number of carbonyl (C=O) groups excluding carboxylic acids is 1. The topological polar surface area (TPSA) is 108 Å². The van der Waals surface area contributed by atoms with E-state index in [9.17, 15) is 4.79 Å². The molecule has 0 aliphatic carbocycles. The Labute approximate surface area is 214 Å². The molecule has 1 fully saturated rings. The third-order valence-corrected chi connectivity index (χ3v) is 6.03. The van der Waals surface area contributed by atoms with Crippen molar-refractivity contribution in [2.45, 2.75) is 45.3 Å². The Morgan fingerprint density at radius 3 is 2.62 bits per heavy atom. The molecule has 0 spiro atoms. The second kappa shape index (κ2) is 10.1. The zero-order valence-electron chi connectivity index (χ0n) is 21.4. The predicted octanol–water partition coefficient (Wildman–Crippen LogP) is 4.85. The third-order valence-electron chi connectivity index (χ3n) is 6.03. The molecule has 1 aromatic carbocycles. The molecule has 11 nitrogen and oxygen atoms in total. The fourth-order valence-electron chi connectivity index (χ4n) is 4.32. The highest BCUT2D eigenvalue weighted by Gasteiger charge is 2.26. The first-order valence-electron chi connectivity index (χ1n) is 12.2. The van der Waals surface area contributed by atoms with Gasteiger partial charge in [0, 0.05) is 24.8 Å². The standard InChI is InChI=1S/C26H31N7O4/c1-26(2,3)36-25(34)37-31-13-11-19(12-14-31)32-17-18(15-28-32)29-24-27-16-20-9-10-22(33(20)30-24)21-7-5-6-8-23(21)35-4/h5-10,15-17,19H,11-14H2,1-4H3,(H,29,30). The Balaban J connectivity index is 1.24. The second-order valence-corrected chi connectivity index (χ2v) is 9.89. The van der Waals surface area contributed by atoms with E-state index in [4.69, 9.17) is 19.4 Å². The summed E-state index contributed by atoms with van der Waals surface area (Å²) in [7, 11) is 1.66. The number of ether oxygens (including phenoxy) is 2. The molecule has 3 aromatic heterocycles. The molecule has 0 saturated carbocycles. The number of piperidine rings is 1. The number of nitrogens with one attached hydrogen (secondary N) is 1. The first kappa shape index (κ1) is 24.6. The van der Waals surface area contributed by atoms with E-state index >= 15 is 0 Å². The van der Waals surface area contributed by atoms with Gasteiger partial charge >= 0.3 is 6.16 Å². The molecule has 194 valence electrons. The summed E-state index contributed by atoms with van der Waals surface area (Å²) < 4.78 is 14.5. The van der Waals surface area contributed by atoms with E-state index in [0.29, 0.717) is 19.0 Å². The minimum Gasteiger partial charge on any atom is -0.496 e. The lowest BCUT2D eigenvalue weighted by Gasteiger charge is -2.31. The zero-order valence-corrected chi connectivity index (χ0v) is 21.4. The van der Waals surface area contributed by atoms with Gasteiger partial charge in [0.05, 0.1) is 42.4 Å². The number of hydroxylamine groups is 2. The van der Waals surface area contributed by atoms with Gasteiger partial charge in [-0.1, -0.05) is 12.1 Å². The molecule has 11 heteroatoms. The summed E-state index contributed by atoms with van der Waals surface area (Å²) in [5, 5.41) is 14.1. The highest BCUT2D eigenvalue weighted by Crippen LogP contribution is 2.31. The van der Waals surface area contributed by atoms with Gasteiger partial charge < -0.3 is 19.6 Å². The normalized spacial score (nSPS) is 15.0. The molecule has 0 radical (unpaired) electrons. The fraction of sp³-hybridized carbons (Fsp3) is 0.385. The number of benzene rings is 1. The Kier molecular flexibility index (Phi) is 6.70. The molecule has 0 bridgehead atoms. The van der Waals surface area contributed by atoms with Gasteiger partial charge in [-0.2, -0.15) is 5.10 Å². The van der Waals surface area contributed by atoms with Crippen molar-refractivity contribution in [3.63, 3.8) is 0 Å². The van der Waals surface area contributed by atoms with Crippen molar-refractivity contribution in [2.24, 2.45) is 0 Å². The van der Waals surface area contributed by atoms with E-state index in [1.54, 1.807) is 24.6 Å². The summed E-state index contributed by atoms with van der Waals surface area (Å²) in [4.78, 5) is 21.7. The predicted molar refractivity (Wildman–Crippen MR) is 138 cm³/mol. The average molecular weight is 506 g/mol. The molecular weight excluding hydrogens is 474 g/mol. The van der Waals surface area contributed by atoms with Gasteiger partial charge in [0.15, 0.2) is 0 Å². The fourth-order valence-corrected chi connectivity index (χ4v) is 4.32. The van der Waals surface area contributed by atoms with Crippen molar-refractivity contribution in [1.82, 2.24) is 29.4 Å². The Morgan fingerprint density at radius 2 is 1.86 bits per heavy atom. The van der Waals surface area contributed by atoms with Crippen LogP contribution in [-0.2, 0) is 9.57 Å². The van der Waals surface area contributed by atoms with Gasteiger partial charge in [0.25, 0.3) is 0 Å². The quantitative estimate of drug-likeness (QED) is 0.368. The minimum absolute atomic E-state index is 0.194. The number of hydrogen-bond donors (Lipinski definition) is 1. The third kappa shape index (κ3) is 5.67. The van der Waals surface area contributed by atoms with Crippen molar-refractivity contribution in [3.8, 4) is 17.0 Å². The van der Waals surface area contributed by atoms with Crippen LogP contribution in [0.15, 0.2) is 55.0 Å². The van der Waals surface area contributed by atoms with Crippen molar-refractivity contribution in [1.29, 1.82) is 0 Å². The van der Waals surface area contributed by atoms with E-state index in [2.05, 4.69) is 15.4 Å². The molecule has 1 aliphatic heterocycles. The van der Waals surface area contributed by atoms with Crippen LogP contribution >= 0.6 is 0 Å². The molecule has 1 aliphatic rings. The van der Waals surface area contributed by atoms with E-state index in [1.165, 1.54) is 0 Å². The number of anilines is 2. The molecule has 0 atom stereocenters. The number of carbonyl (C=O) groups is 1. The Morgan fingerprint density at radius 1 is 1.08 bits per heavy atom. The molecule has 4 aromatic rings. The monoisotopic (exact) mass is 505 g/mol. The Hall–Kier alpha value is -4.12. The van der Waals surface area contributed by atoms with Crippen LogP contribution in [0.4, 0.5) is 16.4 Å². The molecule has 0 unspecified atom stereocenters. The van der Waals surface area contributed by atoms with Gasteiger partial charge in [0.1, 0.15) is 11.4 Å². The highest BCUT2D eigenvalue weighted by atomic mass is 16.8. The van der Waals surface area contributed by atoms with E-state index in [-0.39, 0.29) is 6.04 Å². The van der Waals surface area contributed by atoms with Crippen molar-refractivity contribution < 1.29 is 19.1 Å². The molecule has 5 rings (SSSR count). The number of methoxy groups -OCH3 is 1. The molecule has 1 N–H and O–H groups in total. The first-order chi connectivity index (χ1) is 17.8. The maximum absolute atomic E-state index is 11.9. The number of nitrogens with zero attached hydrogens (tertiary/aromatic N) is 6. The van der Waals surface area contributed by atoms with Gasteiger partial charge in [-0.15, -0.1) is 10.2 Å². The summed E-state index contributed by atoms with van der Waals surface area (Å²) in [6.45, 7) is 6.64. The van der Waals surface area contributed by atoms with Crippen LogP contribution in [0, 0.1) is 0 Å². The average Bonchev–Trinajstić information content (AvgIpc) is 3.50. The SMILES string of the molecule is COc1ccccc1-c1ccc2cnc(Nc3cnn(C4CCN(OC(=O)OC(C)(C)C)CC4)c3)nn12. The van der Waals surface area contributed by atoms with Crippen LogP contribution in [-0.4, -0.2) is 61.4 Å². The van der Waals surface area contributed by atoms with Crippen LogP contribution < -0.4 is 10.1 Å². The van der Waals surface area contributed by atoms with Gasteiger partial charge in [-0.3, -0.25) is 4.68 Å². The van der Waals surface area contributed by atoms with E-state index in [0.717, 1.165) is 41.1 Å². The lowest BCUT2D eigenvalue weighted by Crippen LogP contribution is -2.38. The Bertz CT molecular complexity index is 1380. The number of para-hydroxylation sites is 1. The van der Waals surface area contributed by atoms with Crippen molar-refractivity contribution in [3.05, 3.63) is 55.0 Å². The number of fused-ring (bicyclic) bond motifs is 1. The summed E-state index contributed by atoms with van der Waals surface area (Å²) in [6.07, 6.45) is 6.38. The maximum Gasteiger partial charge on any atom is 0.528 e. The number of aromatic nitrogens is 5. The zero-order chi connectivity index (χ0) is 26.0. The number of rotatable bonds is 6. The summed E-state index contributed by atoms with van der Waals surface area (Å²) in [6, 6.07) is 12.0. The van der Waals surface area contributed by atoms with Gasteiger partial charge in [-0.25, -0.2) is 14.3 Å². The first-order valence-corrected chi connectivity index (χ1v) is 12.2. The lowest BCUT2D eigenvalue weighted by molar-refractivity contribution is -0.154. The minimum atomic E-state index is -0.676. The van der Waals surface area contributed by atoms with Gasteiger partial charge in [-0.05, 0) is 57.9 Å². The molecular formula is C26H31N7O4. The highest BCUT2D eigenvalue weighted by molar-refractivity contribution is 5.72. The summed E-state index contributed by atoms with van der Waals surface area (Å²) >= 11 is 0. The summed E-state index contributed by atoms with van der Waals surface area (Å²) in [5.41, 5.74) is 2.94. The van der Waals surface area contributed by atoms with Crippen LogP contribution in [0.2, 0.25) is 0 Å². The van der Waals surface area contributed by atoms with E-state index < -0.39 is 11.8 Å². The molecule has 1 saturated heterocycles. The van der Waals surface area contributed by atoms with E-state index in [1.807, 2.05) is 72.6 Å². The largest absolute Gasteiger partial charge is 0.528 e. The summed E-state index contributed by atoms with van der Waals surface area (Å²) in [5.74, 6) is 1.24.